The SMILES string of the molecule is C=NN(Cc1ccccc1C(=O)O)/N=C(\C)c1ccc(Cn2ccc3ccc(NC(=O)OC4CCCC4)cc32)c(OC)c1. The van der Waals surface area contributed by atoms with E-state index in [0.29, 0.717) is 29.3 Å². The minimum absolute atomic E-state index is 0.00136. The third-order valence-corrected chi connectivity index (χ3v) is 7.63. The van der Waals surface area contributed by atoms with E-state index >= 15 is 0 Å². The zero-order chi connectivity index (χ0) is 30.3. The lowest BCUT2D eigenvalue weighted by Gasteiger charge is -2.16. The van der Waals surface area contributed by atoms with E-state index in [0.717, 1.165) is 47.7 Å². The van der Waals surface area contributed by atoms with Crippen LogP contribution in [0.15, 0.2) is 83.1 Å². The molecule has 1 amide bonds. The van der Waals surface area contributed by atoms with Crippen LogP contribution in [0.1, 0.15) is 59.7 Å². The minimum atomic E-state index is -1.01. The lowest BCUT2D eigenvalue weighted by atomic mass is 10.1. The van der Waals surface area contributed by atoms with Crippen LogP contribution in [0.25, 0.3) is 10.9 Å². The van der Waals surface area contributed by atoms with Gasteiger partial charge in [0.25, 0.3) is 0 Å². The number of carboxylic acids is 1. The summed E-state index contributed by atoms with van der Waals surface area (Å²) in [6, 6.07) is 20.4. The molecule has 0 radical (unpaired) electrons. The van der Waals surface area contributed by atoms with E-state index in [9.17, 15) is 14.7 Å². The number of nitrogens with zero attached hydrogens (tertiary/aromatic N) is 4. The van der Waals surface area contributed by atoms with E-state index in [-0.39, 0.29) is 18.2 Å². The number of benzene rings is 3. The van der Waals surface area contributed by atoms with E-state index in [1.165, 1.54) is 5.12 Å². The van der Waals surface area contributed by atoms with Gasteiger partial charge in [-0.1, -0.05) is 36.4 Å². The van der Waals surface area contributed by atoms with Crippen molar-refractivity contribution in [2.45, 2.75) is 51.8 Å². The average molecular weight is 582 g/mol. The number of amides is 1. The van der Waals surface area contributed by atoms with Crippen molar-refractivity contribution in [2.24, 2.45) is 10.2 Å². The van der Waals surface area contributed by atoms with Crippen molar-refractivity contribution in [3.63, 3.8) is 0 Å². The minimum Gasteiger partial charge on any atom is -0.496 e. The highest BCUT2D eigenvalue weighted by molar-refractivity contribution is 5.99. The monoisotopic (exact) mass is 581 g/mol. The van der Waals surface area contributed by atoms with E-state index in [4.69, 9.17) is 9.47 Å². The molecule has 1 aromatic heterocycles. The van der Waals surface area contributed by atoms with Crippen molar-refractivity contribution in [2.75, 3.05) is 12.4 Å². The van der Waals surface area contributed by atoms with Gasteiger partial charge in [-0.05, 0) is 73.9 Å². The predicted molar refractivity (Wildman–Crippen MR) is 167 cm³/mol. The molecule has 0 aliphatic heterocycles. The van der Waals surface area contributed by atoms with Gasteiger partial charge in [0.2, 0.25) is 0 Å². The van der Waals surface area contributed by atoms with Crippen LogP contribution in [0.5, 0.6) is 5.75 Å². The molecule has 1 heterocycles. The second kappa shape index (κ2) is 13.2. The van der Waals surface area contributed by atoms with Crippen molar-refractivity contribution in [1.82, 2.24) is 9.69 Å². The molecule has 222 valence electrons. The first-order valence-electron chi connectivity index (χ1n) is 14.2. The molecule has 43 heavy (non-hydrogen) atoms. The van der Waals surface area contributed by atoms with Gasteiger partial charge in [-0.3, -0.25) is 5.32 Å². The maximum absolute atomic E-state index is 12.4. The van der Waals surface area contributed by atoms with Crippen LogP contribution >= 0.6 is 0 Å². The lowest BCUT2D eigenvalue weighted by Crippen LogP contribution is -2.20. The Morgan fingerprint density at radius 2 is 1.86 bits per heavy atom. The Labute approximate surface area is 250 Å². The Morgan fingerprint density at radius 1 is 1.07 bits per heavy atom. The molecule has 0 unspecified atom stereocenters. The number of hydrogen-bond donors (Lipinski definition) is 2. The second-order valence-electron chi connectivity index (χ2n) is 10.5. The largest absolute Gasteiger partial charge is 0.496 e. The second-order valence-corrected chi connectivity index (χ2v) is 10.5. The summed E-state index contributed by atoms with van der Waals surface area (Å²) in [5.74, 6) is -0.317. The van der Waals surface area contributed by atoms with Crippen LogP contribution in [0.3, 0.4) is 0 Å². The molecule has 1 aliphatic carbocycles. The van der Waals surface area contributed by atoms with Gasteiger partial charge < -0.3 is 19.1 Å². The molecule has 3 aromatic carbocycles. The fourth-order valence-corrected chi connectivity index (χ4v) is 5.36. The Bertz CT molecular complexity index is 1670. The molecule has 10 nitrogen and oxygen atoms in total. The Hall–Kier alpha value is -5.12. The number of carbonyl (C=O) groups excluding carboxylic acids is 1. The van der Waals surface area contributed by atoms with Crippen LogP contribution in [0.4, 0.5) is 10.5 Å². The zero-order valence-corrected chi connectivity index (χ0v) is 24.3. The molecule has 0 spiro atoms. The van der Waals surface area contributed by atoms with Gasteiger partial charge >= 0.3 is 12.1 Å². The van der Waals surface area contributed by atoms with Crippen LogP contribution in [0.2, 0.25) is 0 Å². The first-order chi connectivity index (χ1) is 20.8. The van der Waals surface area contributed by atoms with E-state index in [1.54, 1.807) is 31.4 Å². The predicted octanol–water partition coefficient (Wildman–Crippen LogP) is 6.73. The summed E-state index contributed by atoms with van der Waals surface area (Å²) in [4.78, 5) is 24.0. The number of anilines is 1. The Morgan fingerprint density at radius 3 is 2.60 bits per heavy atom. The summed E-state index contributed by atoms with van der Waals surface area (Å²) in [5.41, 5.74) is 4.87. The van der Waals surface area contributed by atoms with Gasteiger partial charge in [0.05, 0.1) is 37.0 Å². The highest BCUT2D eigenvalue weighted by atomic mass is 16.6. The van der Waals surface area contributed by atoms with Crippen molar-refractivity contribution in [3.8, 4) is 5.75 Å². The van der Waals surface area contributed by atoms with Gasteiger partial charge in [-0.2, -0.15) is 15.3 Å². The Kier molecular flexibility index (Phi) is 9.05. The average Bonchev–Trinajstić information content (AvgIpc) is 3.66. The number of carboxylic acid groups (broad SMARTS) is 1. The topological polar surface area (TPSA) is 118 Å². The first kappa shape index (κ1) is 29.4. The number of aromatic carboxylic acids is 1. The number of rotatable bonds is 11. The summed E-state index contributed by atoms with van der Waals surface area (Å²) in [5, 5.41) is 23.3. The Balaban J connectivity index is 1.32. The summed E-state index contributed by atoms with van der Waals surface area (Å²) < 4.78 is 13.4. The number of ether oxygens (including phenoxy) is 2. The number of hydrogen-bond acceptors (Lipinski definition) is 7. The molecular weight excluding hydrogens is 546 g/mol. The fourth-order valence-electron chi connectivity index (χ4n) is 5.36. The van der Waals surface area contributed by atoms with E-state index in [1.807, 2.05) is 55.6 Å². The van der Waals surface area contributed by atoms with Crippen molar-refractivity contribution < 1.29 is 24.2 Å². The summed E-state index contributed by atoms with van der Waals surface area (Å²) >= 11 is 0. The lowest BCUT2D eigenvalue weighted by molar-refractivity contribution is 0.0694. The summed E-state index contributed by atoms with van der Waals surface area (Å²) in [7, 11) is 1.63. The van der Waals surface area contributed by atoms with Gasteiger partial charge in [-0.25, -0.2) is 9.59 Å². The van der Waals surface area contributed by atoms with Crippen molar-refractivity contribution in [1.29, 1.82) is 0 Å². The number of methoxy groups -OCH3 is 1. The van der Waals surface area contributed by atoms with E-state index in [2.05, 4.69) is 26.8 Å². The standard InChI is InChI=1S/C33H35N5O5/c1-22(36-38(34-2)21-25-8-4-7-11-29(25)32(39)40)24-12-13-26(31(18-24)42-3)20-37-17-16-23-14-15-27(19-30(23)37)35-33(41)43-28-9-5-6-10-28/h4,7-8,11-19,28H,2,5-6,9-10,20-21H2,1,3H3,(H,35,41)(H,39,40)/b36-22+. The maximum atomic E-state index is 12.4. The van der Waals surface area contributed by atoms with E-state index < -0.39 is 12.1 Å². The molecule has 0 atom stereocenters. The molecule has 1 aliphatic rings. The smallest absolute Gasteiger partial charge is 0.411 e. The van der Waals surface area contributed by atoms with Crippen molar-refractivity contribution >= 4 is 41.1 Å². The number of carbonyl (C=O) groups is 2. The molecule has 1 fully saturated rings. The molecule has 0 bridgehead atoms. The molecule has 2 N–H and O–H groups in total. The summed E-state index contributed by atoms with van der Waals surface area (Å²) in [6.45, 7) is 6.16. The number of fused-ring (bicyclic) bond motifs is 1. The van der Waals surface area contributed by atoms with Gasteiger partial charge in [0.15, 0.2) is 0 Å². The maximum Gasteiger partial charge on any atom is 0.411 e. The zero-order valence-electron chi connectivity index (χ0n) is 24.3. The quantitative estimate of drug-likeness (QED) is 0.150. The van der Waals surface area contributed by atoms with Crippen LogP contribution in [-0.4, -0.2) is 52.5 Å². The highest BCUT2D eigenvalue weighted by Gasteiger charge is 2.19. The molecule has 1 saturated carbocycles. The third kappa shape index (κ3) is 7.03. The number of hydrazone groups is 2. The van der Waals surface area contributed by atoms with Crippen LogP contribution < -0.4 is 10.1 Å². The third-order valence-electron chi connectivity index (χ3n) is 7.63. The van der Waals surface area contributed by atoms with Gasteiger partial charge in [-0.15, -0.1) is 0 Å². The molecule has 10 heteroatoms. The normalized spacial score (nSPS) is 13.6. The fraction of sp³-hybridized carbons (Fsp3) is 0.273. The van der Waals surface area contributed by atoms with Crippen LogP contribution in [0, 0.1) is 0 Å². The molecule has 4 aromatic rings. The van der Waals surface area contributed by atoms with Crippen molar-refractivity contribution in [3.05, 3.63) is 95.2 Å². The molecule has 5 rings (SSSR count). The molecular formula is C33H35N5O5. The van der Waals surface area contributed by atoms with Crippen LogP contribution in [-0.2, 0) is 17.8 Å². The van der Waals surface area contributed by atoms with Gasteiger partial charge in [0, 0.05) is 29.7 Å². The number of nitrogens with one attached hydrogen (secondary N) is 1. The molecule has 0 saturated heterocycles. The number of aromatic nitrogens is 1. The first-order valence-corrected chi connectivity index (χ1v) is 14.2. The summed E-state index contributed by atoms with van der Waals surface area (Å²) in [6.07, 6.45) is 5.63. The van der Waals surface area contributed by atoms with Gasteiger partial charge in [0.1, 0.15) is 11.9 Å². The highest BCUT2D eigenvalue weighted by Crippen LogP contribution is 2.27.